The third-order valence-corrected chi connectivity index (χ3v) is 4.03. The number of halogens is 1. The molecule has 28 heavy (non-hydrogen) atoms. The summed E-state index contributed by atoms with van der Waals surface area (Å²) in [5.74, 6) is -1.88. The van der Waals surface area contributed by atoms with Crippen LogP contribution in [0.1, 0.15) is 42.1 Å². The Kier molecular flexibility index (Phi) is 8.20. The van der Waals surface area contributed by atoms with Crippen molar-refractivity contribution in [2.45, 2.75) is 38.8 Å². The molecule has 8 heteroatoms. The normalized spacial score (nSPS) is 11.5. The van der Waals surface area contributed by atoms with Gasteiger partial charge >= 0.3 is 12.1 Å². The molecule has 0 bridgehead atoms. The number of hydrogen-bond donors (Lipinski definition) is 3. The van der Waals surface area contributed by atoms with E-state index in [4.69, 9.17) is 9.84 Å². The Bertz CT molecular complexity index is 786. The highest BCUT2D eigenvalue weighted by atomic mass is 19.1. The number of carbonyl (C=O) groups excluding carboxylic acids is 1. The highest BCUT2D eigenvalue weighted by Gasteiger charge is 2.12. The van der Waals surface area contributed by atoms with Gasteiger partial charge in [0.1, 0.15) is 18.0 Å². The summed E-state index contributed by atoms with van der Waals surface area (Å²) < 4.78 is 18.4. The molecule has 0 saturated heterocycles. The molecule has 1 aromatic heterocycles. The Balaban J connectivity index is 1.63. The number of pyridine rings is 1. The van der Waals surface area contributed by atoms with Crippen molar-refractivity contribution in [3.8, 4) is 0 Å². The van der Waals surface area contributed by atoms with E-state index in [1.54, 1.807) is 0 Å². The number of carboxylic acid groups (broad SMARTS) is 1. The van der Waals surface area contributed by atoms with Crippen LogP contribution in [0.2, 0.25) is 0 Å². The SMILES string of the molecule is CC(CCCCNc1nc(F)ccc1C(=O)O)NC(=O)OCc1ccccc1. The van der Waals surface area contributed by atoms with Crippen LogP contribution in [0.3, 0.4) is 0 Å². The Morgan fingerprint density at radius 2 is 1.93 bits per heavy atom. The summed E-state index contributed by atoms with van der Waals surface area (Å²) in [5.41, 5.74) is 0.848. The monoisotopic (exact) mass is 389 g/mol. The number of carbonyl (C=O) groups is 2. The molecule has 0 aliphatic heterocycles. The molecule has 3 N–H and O–H groups in total. The zero-order valence-electron chi connectivity index (χ0n) is 15.7. The fourth-order valence-electron chi connectivity index (χ4n) is 2.56. The molecule has 1 heterocycles. The van der Waals surface area contributed by atoms with Crippen molar-refractivity contribution in [2.75, 3.05) is 11.9 Å². The predicted octanol–water partition coefficient (Wildman–Crippen LogP) is 3.82. The van der Waals surface area contributed by atoms with Crippen LogP contribution in [-0.4, -0.2) is 34.7 Å². The maximum absolute atomic E-state index is 13.2. The summed E-state index contributed by atoms with van der Waals surface area (Å²) in [5, 5.41) is 14.7. The number of ether oxygens (including phenoxy) is 1. The lowest BCUT2D eigenvalue weighted by Crippen LogP contribution is -2.33. The maximum Gasteiger partial charge on any atom is 0.407 e. The maximum atomic E-state index is 13.2. The van der Waals surface area contributed by atoms with E-state index in [0.29, 0.717) is 13.0 Å². The van der Waals surface area contributed by atoms with Crippen molar-refractivity contribution in [1.82, 2.24) is 10.3 Å². The number of alkyl carbamates (subject to hydrolysis) is 1. The highest BCUT2D eigenvalue weighted by molar-refractivity contribution is 5.92. The molecule has 0 aliphatic rings. The second-order valence-electron chi connectivity index (χ2n) is 6.36. The fourth-order valence-corrected chi connectivity index (χ4v) is 2.56. The topological polar surface area (TPSA) is 101 Å². The summed E-state index contributed by atoms with van der Waals surface area (Å²) in [7, 11) is 0. The third kappa shape index (κ3) is 7.22. The molecule has 1 unspecified atom stereocenters. The highest BCUT2D eigenvalue weighted by Crippen LogP contribution is 2.13. The minimum Gasteiger partial charge on any atom is -0.478 e. The minimum absolute atomic E-state index is 0.0168. The number of unbranched alkanes of at least 4 members (excludes halogenated alkanes) is 1. The molecule has 1 amide bonds. The quantitative estimate of drug-likeness (QED) is 0.422. The van der Waals surface area contributed by atoms with Crippen LogP contribution in [0, 0.1) is 5.95 Å². The summed E-state index contributed by atoms with van der Waals surface area (Å²) in [4.78, 5) is 26.5. The van der Waals surface area contributed by atoms with E-state index in [1.165, 1.54) is 6.07 Å². The molecule has 0 aliphatic carbocycles. The van der Waals surface area contributed by atoms with Gasteiger partial charge in [0, 0.05) is 12.6 Å². The second kappa shape index (κ2) is 10.9. The number of amides is 1. The van der Waals surface area contributed by atoms with E-state index in [-0.39, 0.29) is 24.0 Å². The first kappa shape index (κ1) is 21.1. The van der Waals surface area contributed by atoms with Crippen LogP contribution >= 0.6 is 0 Å². The van der Waals surface area contributed by atoms with E-state index in [1.807, 2.05) is 37.3 Å². The van der Waals surface area contributed by atoms with E-state index < -0.39 is 18.0 Å². The average molecular weight is 389 g/mol. The standard InChI is InChI=1S/C20H24FN3O4/c1-14(23-20(27)28-13-15-8-3-2-4-9-15)7-5-6-12-22-18-16(19(25)26)10-11-17(21)24-18/h2-4,8-11,14H,5-7,12-13H2,1H3,(H,22,24)(H,23,27)(H,25,26). The number of anilines is 1. The molecular weight excluding hydrogens is 365 g/mol. The van der Waals surface area contributed by atoms with Crippen molar-refractivity contribution >= 4 is 17.9 Å². The molecule has 0 fully saturated rings. The van der Waals surface area contributed by atoms with Gasteiger partial charge in [-0.1, -0.05) is 30.3 Å². The molecule has 0 spiro atoms. The molecule has 7 nitrogen and oxygen atoms in total. The molecule has 150 valence electrons. The van der Waals surface area contributed by atoms with Gasteiger partial charge in [-0.25, -0.2) is 14.6 Å². The van der Waals surface area contributed by atoms with Crippen molar-refractivity contribution < 1.29 is 23.8 Å². The molecule has 1 aromatic carbocycles. The van der Waals surface area contributed by atoms with E-state index in [2.05, 4.69) is 15.6 Å². The van der Waals surface area contributed by atoms with Crippen LogP contribution in [0.5, 0.6) is 0 Å². The van der Waals surface area contributed by atoms with Crippen LogP contribution in [0.4, 0.5) is 15.0 Å². The lowest BCUT2D eigenvalue weighted by molar-refractivity contribution is 0.0697. The number of aromatic nitrogens is 1. The van der Waals surface area contributed by atoms with Gasteiger partial charge in [-0.15, -0.1) is 0 Å². The lowest BCUT2D eigenvalue weighted by atomic mass is 10.1. The van der Waals surface area contributed by atoms with Gasteiger partial charge in [0.2, 0.25) is 5.95 Å². The first-order valence-corrected chi connectivity index (χ1v) is 9.06. The van der Waals surface area contributed by atoms with E-state index in [0.717, 1.165) is 24.5 Å². The number of rotatable bonds is 10. The number of aromatic carboxylic acids is 1. The Hall–Kier alpha value is -3.16. The van der Waals surface area contributed by atoms with Gasteiger partial charge in [0.25, 0.3) is 0 Å². The fraction of sp³-hybridized carbons (Fsp3) is 0.350. The third-order valence-electron chi connectivity index (χ3n) is 4.03. The Labute approximate surface area is 162 Å². The van der Waals surface area contributed by atoms with E-state index in [9.17, 15) is 14.0 Å². The van der Waals surface area contributed by atoms with Crippen LogP contribution in [-0.2, 0) is 11.3 Å². The molecule has 0 saturated carbocycles. The van der Waals surface area contributed by atoms with Crippen LogP contribution in [0.15, 0.2) is 42.5 Å². The molecular formula is C20H24FN3O4. The van der Waals surface area contributed by atoms with Gasteiger partial charge in [-0.3, -0.25) is 0 Å². The summed E-state index contributed by atoms with van der Waals surface area (Å²) >= 11 is 0. The van der Waals surface area contributed by atoms with Gasteiger partial charge in [0.05, 0.1) is 0 Å². The Morgan fingerprint density at radius 1 is 1.18 bits per heavy atom. The molecule has 2 rings (SSSR count). The molecule has 0 radical (unpaired) electrons. The van der Waals surface area contributed by atoms with Crippen molar-refractivity contribution in [1.29, 1.82) is 0 Å². The van der Waals surface area contributed by atoms with Gasteiger partial charge < -0.3 is 20.5 Å². The minimum atomic E-state index is -1.16. The number of hydrogen-bond acceptors (Lipinski definition) is 5. The van der Waals surface area contributed by atoms with Crippen molar-refractivity contribution in [3.05, 3.63) is 59.5 Å². The first-order chi connectivity index (χ1) is 13.5. The Morgan fingerprint density at radius 3 is 2.64 bits per heavy atom. The second-order valence-corrected chi connectivity index (χ2v) is 6.36. The van der Waals surface area contributed by atoms with Gasteiger partial charge in [0.15, 0.2) is 0 Å². The van der Waals surface area contributed by atoms with Gasteiger partial charge in [-0.2, -0.15) is 4.39 Å². The van der Waals surface area contributed by atoms with E-state index >= 15 is 0 Å². The van der Waals surface area contributed by atoms with Crippen molar-refractivity contribution in [2.24, 2.45) is 0 Å². The molecule has 2 aromatic rings. The first-order valence-electron chi connectivity index (χ1n) is 9.06. The summed E-state index contributed by atoms with van der Waals surface area (Å²) in [6.07, 6.45) is 1.75. The largest absolute Gasteiger partial charge is 0.478 e. The average Bonchev–Trinajstić information content (AvgIpc) is 2.66. The van der Waals surface area contributed by atoms with Crippen LogP contribution < -0.4 is 10.6 Å². The number of carboxylic acids is 1. The van der Waals surface area contributed by atoms with Crippen molar-refractivity contribution in [3.63, 3.8) is 0 Å². The smallest absolute Gasteiger partial charge is 0.407 e. The number of nitrogens with zero attached hydrogens (tertiary/aromatic N) is 1. The molecule has 1 atom stereocenters. The zero-order chi connectivity index (χ0) is 20.4. The summed E-state index contributed by atoms with van der Waals surface area (Å²) in [6, 6.07) is 11.6. The predicted molar refractivity (Wildman–Crippen MR) is 103 cm³/mol. The number of benzene rings is 1. The van der Waals surface area contributed by atoms with Crippen LogP contribution in [0.25, 0.3) is 0 Å². The number of nitrogens with one attached hydrogen (secondary N) is 2. The van der Waals surface area contributed by atoms with Gasteiger partial charge in [-0.05, 0) is 43.9 Å². The zero-order valence-corrected chi connectivity index (χ0v) is 15.7. The summed E-state index contributed by atoms with van der Waals surface area (Å²) in [6.45, 7) is 2.55. The lowest BCUT2D eigenvalue weighted by Gasteiger charge is -2.14.